The molecule has 0 saturated heterocycles. The first-order chi connectivity index (χ1) is 8.70. The molecule has 0 spiro atoms. The van der Waals surface area contributed by atoms with E-state index in [9.17, 15) is 9.90 Å². The molecule has 1 aromatic carbocycles. The van der Waals surface area contributed by atoms with Gasteiger partial charge in [0.25, 0.3) is 0 Å². The minimum Gasteiger partial charge on any atom is -0.493 e. The number of ether oxygens (including phenoxy) is 1. The minimum absolute atomic E-state index is 0.0634. The van der Waals surface area contributed by atoms with Crippen LogP contribution in [0.3, 0.4) is 0 Å². The van der Waals surface area contributed by atoms with Crippen molar-refractivity contribution in [2.24, 2.45) is 0 Å². The first-order valence-corrected chi connectivity index (χ1v) is 5.51. The van der Waals surface area contributed by atoms with Gasteiger partial charge in [0, 0.05) is 18.2 Å². The fourth-order valence-corrected chi connectivity index (χ4v) is 1.68. The van der Waals surface area contributed by atoms with Crippen LogP contribution in [0.4, 0.5) is 0 Å². The molecular weight excluding hydrogens is 230 g/mol. The molecule has 4 heteroatoms. The maximum atomic E-state index is 11.4. The van der Waals surface area contributed by atoms with Crippen LogP contribution in [0.15, 0.2) is 42.6 Å². The van der Waals surface area contributed by atoms with Gasteiger partial charge in [-0.25, -0.2) is 9.78 Å². The highest BCUT2D eigenvalue weighted by atomic mass is 16.5. The van der Waals surface area contributed by atoms with Crippen molar-refractivity contribution >= 4 is 5.97 Å². The third kappa shape index (κ3) is 2.66. The number of nitrogens with zero attached hydrogens (tertiary/aromatic N) is 1. The average molecular weight is 243 g/mol. The number of carbonyl (C=O) groups excluding carboxylic acids is 1. The second kappa shape index (κ2) is 5.31. The number of hydrogen-bond donors (Lipinski definition) is 1. The zero-order valence-electron chi connectivity index (χ0n) is 9.96. The largest absolute Gasteiger partial charge is 0.493 e. The van der Waals surface area contributed by atoms with Gasteiger partial charge in [0.2, 0.25) is 5.88 Å². The van der Waals surface area contributed by atoms with Gasteiger partial charge in [-0.1, -0.05) is 30.3 Å². The third-order valence-electron chi connectivity index (χ3n) is 2.60. The van der Waals surface area contributed by atoms with E-state index >= 15 is 0 Å². The van der Waals surface area contributed by atoms with Gasteiger partial charge >= 0.3 is 5.97 Å². The Balaban J connectivity index is 2.30. The first-order valence-electron chi connectivity index (χ1n) is 5.51. The Bertz CT molecular complexity index is 552. The first kappa shape index (κ1) is 12.1. The normalized spacial score (nSPS) is 10.1. The molecular formula is C14H13NO3. The molecule has 1 heterocycles. The Hall–Kier alpha value is -2.36. The van der Waals surface area contributed by atoms with Crippen molar-refractivity contribution in [2.45, 2.75) is 6.42 Å². The summed E-state index contributed by atoms with van der Waals surface area (Å²) in [5.41, 5.74) is 1.97. The van der Waals surface area contributed by atoms with E-state index in [0.717, 1.165) is 5.56 Å². The van der Waals surface area contributed by atoms with E-state index in [1.807, 2.05) is 30.3 Å². The number of aromatic nitrogens is 1. The molecule has 0 fully saturated rings. The number of benzene rings is 1. The van der Waals surface area contributed by atoms with Crippen LogP contribution >= 0.6 is 0 Å². The summed E-state index contributed by atoms with van der Waals surface area (Å²) in [5, 5.41) is 9.69. The van der Waals surface area contributed by atoms with Crippen molar-refractivity contribution in [1.29, 1.82) is 0 Å². The zero-order chi connectivity index (χ0) is 13.0. The van der Waals surface area contributed by atoms with Crippen LogP contribution in [0.5, 0.6) is 5.88 Å². The summed E-state index contributed by atoms with van der Waals surface area (Å²) in [6.07, 6.45) is 1.82. The second-order valence-corrected chi connectivity index (χ2v) is 3.86. The molecule has 0 aliphatic carbocycles. The van der Waals surface area contributed by atoms with Gasteiger partial charge < -0.3 is 9.84 Å². The molecule has 18 heavy (non-hydrogen) atoms. The Morgan fingerprint density at radius 1 is 1.33 bits per heavy atom. The van der Waals surface area contributed by atoms with Crippen LogP contribution in [-0.2, 0) is 11.2 Å². The molecule has 92 valence electrons. The lowest BCUT2D eigenvalue weighted by Gasteiger charge is -2.06. The van der Waals surface area contributed by atoms with Crippen LogP contribution in [0, 0.1) is 0 Å². The van der Waals surface area contributed by atoms with Gasteiger partial charge in [-0.15, -0.1) is 0 Å². The van der Waals surface area contributed by atoms with Crippen LogP contribution in [0.25, 0.3) is 0 Å². The van der Waals surface area contributed by atoms with Gasteiger partial charge in [0.05, 0.1) is 12.7 Å². The summed E-state index contributed by atoms with van der Waals surface area (Å²) in [5.74, 6) is -0.525. The van der Waals surface area contributed by atoms with Gasteiger partial charge in [0.1, 0.15) is 0 Å². The topological polar surface area (TPSA) is 59.4 Å². The SMILES string of the molecule is COC(=O)c1cnc(O)c(Cc2ccccc2)c1. The van der Waals surface area contributed by atoms with E-state index in [4.69, 9.17) is 0 Å². The summed E-state index contributed by atoms with van der Waals surface area (Å²) in [4.78, 5) is 15.2. The van der Waals surface area contributed by atoms with E-state index in [-0.39, 0.29) is 5.88 Å². The van der Waals surface area contributed by atoms with Crippen molar-refractivity contribution in [3.8, 4) is 5.88 Å². The molecule has 0 unspecified atom stereocenters. The number of aromatic hydroxyl groups is 1. The van der Waals surface area contributed by atoms with Crippen molar-refractivity contribution < 1.29 is 14.6 Å². The second-order valence-electron chi connectivity index (χ2n) is 3.86. The van der Waals surface area contributed by atoms with E-state index in [1.165, 1.54) is 13.3 Å². The van der Waals surface area contributed by atoms with Crippen molar-refractivity contribution in [3.05, 3.63) is 59.3 Å². The van der Waals surface area contributed by atoms with Gasteiger partial charge in [-0.2, -0.15) is 0 Å². The molecule has 0 saturated carbocycles. The highest BCUT2D eigenvalue weighted by Crippen LogP contribution is 2.19. The lowest BCUT2D eigenvalue weighted by molar-refractivity contribution is 0.0600. The summed E-state index contributed by atoms with van der Waals surface area (Å²) in [6.45, 7) is 0. The molecule has 1 aromatic heterocycles. The van der Waals surface area contributed by atoms with Crippen molar-refractivity contribution in [2.75, 3.05) is 7.11 Å². The monoisotopic (exact) mass is 243 g/mol. The zero-order valence-corrected chi connectivity index (χ0v) is 9.96. The number of carbonyl (C=O) groups is 1. The molecule has 0 aliphatic heterocycles. The highest BCUT2D eigenvalue weighted by molar-refractivity contribution is 5.89. The fourth-order valence-electron chi connectivity index (χ4n) is 1.68. The lowest BCUT2D eigenvalue weighted by Crippen LogP contribution is -2.03. The number of rotatable bonds is 3. The highest BCUT2D eigenvalue weighted by Gasteiger charge is 2.11. The maximum absolute atomic E-state index is 11.4. The van der Waals surface area contributed by atoms with Crippen molar-refractivity contribution in [3.63, 3.8) is 0 Å². The quantitative estimate of drug-likeness (QED) is 0.839. The number of methoxy groups -OCH3 is 1. The van der Waals surface area contributed by atoms with Crippen LogP contribution in [-0.4, -0.2) is 23.2 Å². The molecule has 0 bridgehead atoms. The van der Waals surface area contributed by atoms with Crippen LogP contribution in [0.2, 0.25) is 0 Å². The van der Waals surface area contributed by atoms with E-state index in [1.54, 1.807) is 6.07 Å². The maximum Gasteiger partial charge on any atom is 0.339 e. The molecule has 2 rings (SSSR count). The third-order valence-corrected chi connectivity index (χ3v) is 2.60. The molecule has 0 amide bonds. The predicted octanol–water partition coefficient (Wildman–Crippen LogP) is 2.16. The summed E-state index contributed by atoms with van der Waals surface area (Å²) in [6, 6.07) is 11.3. The fraction of sp³-hybridized carbons (Fsp3) is 0.143. The Morgan fingerprint density at radius 2 is 2.06 bits per heavy atom. The molecule has 4 nitrogen and oxygen atoms in total. The van der Waals surface area contributed by atoms with Crippen LogP contribution < -0.4 is 0 Å². The Morgan fingerprint density at radius 3 is 2.72 bits per heavy atom. The predicted molar refractivity (Wildman–Crippen MR) is 66.5 cm³/mol. The number of pyridine rings is 1. The van der Waals surface area contributed by atoms with Gasteiger partial charge in [-0.05, 0) is 11.6 Å². The Labute approximate surface area is 105 Å². The molecule has 0 atom stereocenters. The Kier molecular flexibility index (Phi) is 3.57. The van der Waals surface area contributed by atoms with Gasteiger partial charge in [0.15, 0.2) is 0 Å². The standard InChI is InChI=1S/C14H13NO3/c1-18-14(17)12-8-11(13(16)15-9-12)7-10-5-3-2-4-6-10/h2-6,8-9H,7H2,1H3,(H,15,16). The lowest BCUT2D eigenvalue weighted by atomic mass is 10.0. The molecule has 2 aromatic rings. The summed E-state index contributed by atoms with van der Waals surface area (Å²) in [7, 11) is 1.31. The minimum atomic E-state index is -0.461. The number of hydrogen-bond acceptors (Lipinski definition) is 4. The van der Waals surface area contributed by atoms with Crippen LogP contribution in [0.1, 0.15) is 21.5 Å². The molecule has 0 radical (unpaired) electrons. The smallest absolute Gasteiger partial charge is 0.339 e. The summed E-state index contributed by atoms with van der Waals surface area (Å²) >= 11 is 0. The summed E-state index contributed by atoms with van der Waals surface area (Å²) < 4.78 is 4.62. The van der Waals surface area contributed by atoms with E-state index in [2.05, 4.69) is 9.72 Å². The molecule has 1 N–H and O–H groups in total. The number of esters is 1. The van der Waals surface area contributed by atoms with Gasteiger partial charge in [-0.3, -0.25) is 0 Å². The average Bonchev–Trinajstić information content (AvgIpc) is 2.41. The molecule has 0 aliphatic rings. The van der Waals surface area contributed by atoms with Crippen molar-refractivity contribution in [1.82, 2.24) is 4.98 Å². The van der Waals surface area contributed by atoms with E-state index < -0.39 is 5.97 Å². The van der Waals surface area contributed by atoms with E-state index in [0.29, 0.717) is 17.5 Å².